The molecule has 0 aliphatic heterocycles. The maximum absolute atomic E-state index is 3.46. The molecule has 0 spiro atoms. The number of nitrogens with zero attached hydrogens (tertiary/aromatic N) is 2. The van der Waals surface area contributed by atoms with Crippen molar-refractivity contribution in [2.45, 2.75) is 26.4 Å². The number of nitrogens with one attached hydrogen (secondary N) is 1. The van der Waals surface area contributed by atoms with E-state index in [0.29, 0.717) is 6.04 Å². The first-order valence-corrected chi connectivity index (χ1v) is 7.03. The van der Waals surface area contributed by atoms with Crippen LogP contribution in [0.5, 0.6) is 0 Å². The van der Waals surface area contributed by atoms with Crippen molar-refractivity contribution in [3.8, 4) is 0 Å². The first kappa shape index (κ1) is 14.1. The molecule has 0 aliphatic carbocycles. The zero-order valence-corrected chi connectivity index (χ0v) is 12.5. The van der Waals surface area contributed by atoms with Gasteiger partial charge in [0.1, 0.15) is 0 Å². The van der Waals surface area contributed by atoms with E-state index in [-0.39, 0.29) is 0 Å². The van der Waals surface area contributed by atoms with E-state index in [1.165, 1.54) is 16.5 Å². The van der Waals surface area contributed by atoms with Gasteiger partial charge in [-0.2, -0.15) is 0 Å². The fraction of sp³-hybridized carbons (Fsp3) is 0.500. The molecule has 0 saturated carbocycles. The summed E-state index contributed by atoms with van der Waals surface area (Å²) in [5.41, 5.74) is 2.72. The van der Waals surface area contributed by atoms with Gasteiger partial charge in [0.25, 0.3) is 0 Å². The quantitative estimate of drug-likeness (QED) is 0.860. The second kappa shape index (κ2) is 6.22. The third kappa shape index (κ3) is 3.58. The van der Waals surface area contributed by atoms with E-state index >= 15 is 0 Å². The van der Waals surface area contributed by atoms with E-state index < -0.39 is 0 Å². The molecular formula is C16H25N3. The van der Waals surface area contributed by atoms with Crippen molar-refractivity contribution in [3.63, 3.8) is 0 Å². The van der Waals surface area contributed by atoms with Crippen LogP contribution in [0.2, 0.25) is 0 Å². The van der Waals surface area contributed by atoms with Crippen LogP contribution in [0.4, 0.5) is 0 Å². The summed E-state index contributed by atoms with van der Waals surface area (Å²) in [6.07, 6.45) is 2.25. The van der Waals surface area contributed by atoms with Crippen LogP contribution in [-0.4, -0.2) is 35.6 Å². The maximum Gasteiger partial charge on any atom is 0.0481 e. The first-order chi connectivity index (χ1) is 9.08. The molecule has 0 saturated heterocycles. The number of fused-ring (bicyclic) bond motifs is 1. The number of hydrogen-bond donors (Lipinski definition) is 1. The third-order valence-electron chi connectivity index (χ3n) is 3.47. The van der Waals surface area contributed by atoms with Gasteiger partial charge in [-0.1, -0.05) is 32.0 Å². The SMILES string of the molecule is CC(C)NCCN(C)Cc1cn(C)c2ccccc12. The van der Waals surface area contributed by atoms with Crippen molar-refractivity contribution in [2.24, 2.45) is 7.05 Å². The summed E-state index contributed by atoms with van der Waals surface area (Å²) in [6.45, 7) is 7.48. The largest absolute Gasteiger partial charge is 0.350 e. The molecule has 0 fully saturated rings. The number of rotatable bonds is 6. The zero-order valence-electron chi connectivity index (χ0n) is 12.5. The van der Waals surface area contributed by atoms with Crippen LogP contribution in [0.15, 0.2) is 30.5 Å². The monoisotopic (exact) mass is 259 g/mol. The number of para-hydroxylation sites is 1. The minimum absolute atomic E-state index is 0.561. The van der Waals surface area contributed by atoms with E-state index in [1.807, 2.05) is 0 Å². The van der Waals surface area contributed by atoms with Crippen LogP contribution in [0, 0.1) is 0 Å². The molecule has 1 aromatic carbocycles. The summed E-state index contributed by atoms with van der Waals surface area (Å²) in [7, 11) is 4.30. The van der Waals surface area contributed by atoms with E-state index in [1.54, 1.807) is 0 Å². The van der Waals surface area contributed by atoms with Gasteiger partial charge >= 0.3 is 0 Å². The Morgan fingerprint density at radius 3 is 2.74 bits per heavy atom. The van der Waals surface area contributed by atoms with E-state index in [9.17, 15) is 0 Å². The van der Waals surface area contributed by atoms with Gasteiger partial charge in [-0.05, 0) is 18.7 Å². The Balaban J connectivity index is 2.01. The van der Waals surface area contributed by atoms with Crippen LogP contribution < -0.4 is 5.32 Å². The summed E-state index contributed by atoms with van der Waals surface area (Å²) in [6, 6.07) is 9.17. The normalized spacial score (nSPS) is 11.9. The van der Waals surface area contributed by atoms with Crippen molar-refractivity contribution in [3.05, 3.63) is 36.0 Å². The molecule has 1 heterocycles. The second-order valence-corrected chi connectivity index (χ2v) is 5.63. The molecule has 0 radical (unpaired) electrons. The zero-order chi connectivity index (χ0) is 13.8. The Hall–Kier alpha value is -1.32. The highest BCUT2D eigenvalue weighted by Crippen LogP contribution is 2.21. The van der Waals surface area contributed by atoms with Crippen LogP contribution in [0.3, 0.4) is 0 Å². The van der Waals surface area contributed by atoms with Gasteiger partial charge in [0, 0.05) is 49.8 Å². The number of likely N-dealkylation sites (N-methyl/N-ethyl adjacent to an activating group) is 1. The molecule has 0 unspecified atom stereocenters. The summed E-state index contributed by atoms with van der Waals surface area (Å²) < 4.78 is 2.21. The van der Waals surface area contributed by atoms with E-state index in [4.69, 9.17) is 0 Å². The first-order valence-electron chi connectivity index (χ1n) is 7.03. The number of benzene rings is 1. The molecule has 2 aromatic rings. The Kier molecular flexibility index (Phi) is 4.61. The number of hydrogen-bond acceptors (Lipinski definition) is 2. The lowest BCUT2D eigenvalue weighted by atomic mass is 10.1. The highest BCUT2D eigenvalue weighted by Gasteiger charge is 2.08. The summed E-state index contributed by atoms with van der Waals surface area (Å²) >= 11 is 0. The van der Waals surface area contributed by atoms with Crippen LogP contribution >= 0.6 is 0 Å². The molecule has 0 atom stereocenters. The lowest BCUT2D eigenvalue weighted by Gasteiger charge is -2.17. The van der Waals surface area contributed by atoms with Crippen LogP contribution in [0.25, 0.3) is 10.9 Å². The van der Waals surface area contributed by atoms with Gasteiger partial charge in [-0.25, -0.2) is 0 Å². The Bertz CT molecular complexity index is 528. The lowest BCUT2D eigenvalue weighted by Crippen LogP contribution is -2.32. The van der Waals surface area contributed by atoms with Gasteiger partial charge in [0.05, 0.1) is 0 Å². The van der Waals surface area contributed by atoms with Gasteiger partial charge in [0.15, 0.2) is 0 Å². The van der Waals surface area contributed by atoms with E-state index in [2.05, 4.69) is 73.2 Å². The highest BCUT2D eigenvalue weighted by atomic mass is 15.1. The fourth-order valence-electron chi connectivity index (χ4n) is 2.47. The van der Waals surface area contributed by atoms with Crippen molar-refractivity contribution in [1.82, 2.24) is 14.8 Å². The topological polar surface area (TPSA) is 20.2 Å². The third-order valence-corrected chi connectivity index (χ3v) is 3.47. The predicted molar refractivity (Wildman–Crippen MR) is 82.4 cm³/mol. The molecular weight excluding hydrogens is 234 g/mol. The molecule has 0 amide bonds. The average molecular weight is 259 g/mol. The molecule has 104 valence electrons. The fourth-order valence-corrected chi connectivity index (χ4v) is 2.47. The molecule has 3 heteroatoms. The highest BCUT2D eigenvalue weighted by molar-refractivity contribution is 5.83. The summed E-state index contributed by atoms with van der Waals surface area (Å²) in [5, 5.41) is 4.83. The standard InChI is InChI=1S/C16H25N3/c1-13(2)17-9-10-18(3)11-14-12-19(4)16-8-6-5-7-15(14)16/h5-8,12-13,17H,9-11H2,1-4H3. The smallest absolute Gasteiger partial charge is 0.0481 e. The molecule has 3 nitrogen and oxygen atoms in total. The van der Waals surface area contributed by atoms with Gasteiger partial charge < -0.3 is 14.8 Å². The second-order valence-electron chi connectivity index (χ2n) is 5.63. The molecule has 0 aliphatic rings. The van der Waals surface area contributed by atoms with Gasteiger partial charge in [-0.3, -0.25) is 0 Å². The number of aryl methyl sites for hydroxylation is 1. The minimum Gasteiger partial charge on any atom is -0.350 e. The molecule has 0 bridgehead atoms. The molecule has 1 aromatic heterocycles. The lowest BCUT2D eigenvalue weighted by molar-refractivity contribution is 0.321. The predicted octanol–water partition coefficient (Wildman–Crippen LogP) is 2.61. The Morgan fingerprint density at radius 1 is 1.26 bits per heavy atom. The Morgan fingerprint density at radius 2 is 2.00 bits per heavy atom. The van der Waals surface area contributed by atoms with E-state index in [0.717, 1.165) is 19.6 Å². The van der Waals surface area contributed by atoms with Gasteiger partial charge in [0.2, 0.25) is 0 Å². The maximum atomic E-state index is 3.46. The van der Waals surface area contributed by atoms with Crippen molar-refractivity contribution in [1.29, 1.82) is 0 Å². The van der Waals surface area contributed by atoms with Crippen LogP contribution in [0.1, 0.15) is 19.4 Å². The molecule has 19 heavy (non-hydrogen) atoms. The molecule has 1 N–H and O–H groups in total. The van der Waals surface area contributed by atoms with Crippen molar-refractivity contribution in [2.75, 3.05) is 20.1 Å². The summed E-state index contributed by atoms with van der Waals surface area (Å²) in [4.78, 5) is 2.37. The Labute approximate surface area is 116 Å². The summed E-state index contributed by atoms with van der Waals surface area (Å²) in [5.74, 6) is 0. The van der Waals surface area contributed by atoms with Crippen LogP contribution in [-0.2, 0) is 13.6 Å². The van der Waals surface area contributed by atoms with Crippen molar-refractivity contribution >= 4 is 10.9 Å². The minimum atomic E-state index is 0.561. The van der Waals surface area contributed by atoms with Crippen molar-refractivity contribution < 1.29 is 0 Å². The molecule has 2 rings (SSSR count). The number of aromatic nitrogens is 1. The average Bonchev–Trinajstić information content (AvgIpc) is 2.66. The van der Waals surface area contributed by atoms with Gasteiger partial charge in [-0.15, -0.1) is 0 Å².